The lowest BCUT2D eigenvalue weighted by Crippen LogP contribution is -2.00. The Labute approximate surface area is 144 Å². The Morgan fingerprint density at radius 3 is 1.77 bits per heavy atom. The van der Waals surface area contributed by atoms with E-state index in [-0.39, 0.29) is 5.97 Å². The first kappa shape index (κ1) is 21.8. The summed E-state index contributed by atoms with van der Waals surface area (Å²) in [5, 5.41) is 0.589. The highest BCUT2D eigenvalue weighted by Gasteiger charge is 2.03. The van der Waals surface area contributed by atoms with Gasteiger partial charge in [0.15, 0.2) is 0 Å². The molecule has 0 radical (unpaired) electrons. The molecule has 0 rings (SSSR count). The summed E-state index contributed by atoms with van der Waals surface area (Å²) < 4.78 is 4.63. The van der Waals surface area contributed by atoms with Gasteiger partial charge in [0.1, 0.15) is 0 Å². The summed E-state index contributed by atoms with van der Waals surface area (Å²) in [6.07, 6.45) is 18.7. The molecule has 132 valence electrons. The summed E-state index contributed by atoms with van der Waals surface area (Å²) in [7, 11) is 1.46. The Kier molecular flexibility index (Phi) is 17.0. The Hall–Kier alpha value is -0.180. The molecule has 0 bridgehead atoms. The van der Waals surface area contributed by atoms with Crippen LogP contribution in [0.5, 0.6) is 0 Å². The minimum Gasteiger partial charge on any atom is -0.469 e. The summed E-state index contributed by atoms with van der Waals surface area (Å²) in [5.74, 6) is -0.0786. The lowest BCUT2D eigenvalue weighted by atomic mass is 10.0. The maximum atomic E-state index is 11.0. The van der Waals surface area contributed by atoms with E-state index in [4.69, 9.17) is 12.6 Å². The van der Waals surface area contributed by atoms with Crippen LogP contribution < -0.4 is 0 Å². The molecule has 0 N–H and O–H groups in total. The van der Waals surface area contributed by atoms with Crippen molar-refractivity contribution in [2.24, 2.45) is 0 Å². The molecule has 0 aromatic carbocycles. The lowest BCUT2D eigenvalue weighted by molar-refractivity contribution is -0.140. The van der Waals surface area contributed by atoms with Crippen LogP contribution in [0.2, 0.25) is 0 Å². The van der Waals surface area contributed by atoms with Crippen molar-refractivity contribution >= 4 is 18.6 Å². The molecule has 0 spiro atoms. The minimum atomic E-state index is -0.0786. The van der Waals surface area contributed by atoms with Crippen LogP contribution in [0.25, 0.3) is 0 Å². The number of rotatable bonds is 16. The van der Waals surface area contributed by atoms with E-state index in [1.807, 2.05) is 0 Å². The molecule has 0 aliphatic carbocycles. The maximum absolute atomic E-state index is 11.0. The number of methoxy groups -OCH3 is 1. The van der Waals surface area contributed by atoms with Crippen molar-refractivity contribution in [2.75, 3.05) is 7.11 Å². The summed E-state index contributed by atoms with van der Waals surface area (Å²) >= 11 is 4.71. The highest BCUT2D eigenvalue weighted by atomic mass is 32.1. The topological polar surface area (TPSA) is 26.3 Å². The van der Waals surface area contributed by atoms with Crippen molar-refractivity contribution in [1.82, 2.24) is 0 Å². The highest BCUT2D eigenvalue weighted by molar-refractivity contribution is 7.80. The molecule has 2 nitrogen and oxygen atoms in total. The van der Waals surface area contributed by atoms with E-state index in [0.717, 1.165) is 12.8 Å². The second-order valence-electron chi connectivity index (χ2n) is 6.45. The minimum absolute atomic E-state index is 0.0786. The lowest BCUT2D eigenvalue weighted by Gasteiger charge is -2.10. The number of esters is 1. The fourth-order valence-electron chi connectivity index (χ4n) is 2.76. The second kappa shape index (κ2) is 17.2. The largest absolute Gasteiger partial charge is 0.469 e. The highest BCUT2D eigenvalue weighted by Crippen LogP contribution is 2.17. The van der Waals surface area contributed by atoms with Gasteiger partial charge in [-0.05, 0) is 19.3 Å². The number of carbonyl (C=O) groups excluding carboxylic acids is 1. The smallest absolute Gasteiger partial charge is 0.305 e. The van der Waals surface area contributed by atoms with Crippen LogP contribution in [-0.4, -0.2) is 18.3 Å². The third-order valence-electron chi connectivity index (χ3n) is 4.29. The monoisotopic (exact) mass is 330 g/mol. The number of carbonyl (C=O) groups is 1. The van der Waals surface area contributed by atoms with Crippen LogP contribution in [0.1, 0.15) is 103 Å². The van der Waals surface area contributed by atoms with Gasteiger partial charge in [0.2, 0.25) is 0 Å². The third kappa shape index (κ3) is 16.2. The number of ether oxygens (including phenoxy) is 1. The van der Waals surface area contributed by atoms with E-state index in [1.165, 1.54) is 84.2 Å². The van der Waals surface area contributed by atoms with Crippen LogP contribution in [-0.2, 0) is 9.53 Å². The normalized spacial score (nSPS) is 12.3. The summed E-state index contributed by atoms with van der Waals surface area (Å²) in [5.41, 5.74) is 0. The van der Waals surface area contributed by atoms with Crippen LogP contribution in [0.3, 0.4) is 0 Å². The van der Waals surface area contributed by atoms with Gasteiger partial charge in [-0.25, -0.2) is 0 Å². The number of hydrogen-bond donors (Lipinski definition) is 1. The quantitative estimate of drug-likeness (QED) is 0.203. The molecule has 1 unspecified atom stereocenters. The van der Waals surface area contributed by atoms with E-state index in [2.05, 4.69) is 11.7 Å². The third-order valence-corrected chi connectivity index (χ3v) is 4.80. The maximum Gasteiger partial charge on any atom is 0.305 e. The second-order valence-corrected chi connectivity index (χ2v) is 7.18. The Morgan fingerprint density at radius 1 is 0.818 bits per heavy atom. The van der Waals surface area contributed by atoms with E-state index in [9.17, 15) is 4.79 Å². The van der Waals surface area contributed by atoms with Gasteiger partial charge in [-0.1, -0.05) is 77.6 Å². The molecule has 0 aliphatic rings. The molecule has 0 aromatic heterocycles. The predicted octanol–water partition coefficient (Wildman–Crippen LogP) is 6.33. The zero-order valence-corrected chi connectivity index (χ0v) is 15.8. The van der Waals surface area contributed by atoms with Crippen LogP contribution in [0, 0.1) is 0 Å². The molecule has 0 heterocycles. The molecule has 3 heteroatoms. The first-order valence-electron chi connectivity index (χ1n) is 9.45. The average Bonchev–Trinajstić information content (AvgIpc) is 2.52. The predicted molar refractivity (Wildman–Crippen MR) is 99.7 cm³/mol. The van der Waals surface area contributed by atoms with Gasteiger partial charge < -0.3 is 4.74 Å². The van der Waals surface area contributed by atoms with Crippen LogP contribution >= 0.6 is 12.6 Å². The van der Waals surface area contributed by atoms with Gasteiger partial charge in [0.25, 0.3) is 0 Å². The first-order valence-corrected chi connectivity index (χ1v) is 9.97. The van der Waals surface area contributed by atoms with Crippen molar-refractivity contribution in [3.05, 3.63) is 0 Å². The Bertz CT molecular complexity index is 244. The molecule has 0 amide bonds. The Morgan fingerprint density at radius 2 is 1.27 bits per heavy atom. The molecule has 1 atom stereocenters. The number of unbranched alkanes of at least 4 members (excludes halogenated alkanes) is 10. The first-order chi connectivity index (χ1) is 10.7. The van der Waals surface area contributed by atoms with Crippen LogP contribution in [0.4, 0.5) is 0 Å². The van der Waals surface area contributed by atoms with E-state index in [1.54, 1.807) is 0 Å². The van der Waals surface area contributed by atoms with Crippen molar-refractivity contribution < 1.29 is 9.53 Å². The van der Waals surface area contributed by atoms with Gasteiger partial charge in [-0.2, -0.15) is 12.6 Å². The number of thiol groups is 1. The van der Waals surface area contributed by atoms with E-state index in [0.29, 0.717) is 11.7 Å². The molecule has 0 saturated carbocycles. The zero-order valence-electron chi connectivity index (χ0n) is 14.9. The van der Waals surface area contributed by atoms with Gasteiger partial charge >= 0.3 is 5.97 Å². The average molecular weight is 331 g/mol. The standard InChI is InChI=1S/C19H38O2S/c1-3-4-5-6-7-9-12-15-18(22)16-13-10-8-11-14-17-19(20)21-2/h18,22H,3-17H2,1-2H3. The fraction of sp³-hybridized carbons (Fsp3) is 0.947. The number of hydrogen-bond acceptors (Lipinski definition) is 3. The summed E-state index contributed by atoms with van der Waals surface area (Å²) in [6.45, 7) is 2.27. The van der Waals surface area contributed by atoms with Crippen molar-refractivity contribution in [2.45, 2.75) is 108 Å². The molecule has 0 fully saturated rings. The van der Waals surface area contributed by atoms with Crippen molar-refractivity contribution in [3.8, 4) is 0 Å². The van der Waals surface area contributed by atoms with Gasteiger partial charge in [0.05, 0.1) is 7.11 Å². The van der Waals surface area contributed by atoms with Crippen molar-refractivity contribution in [1.29, 1.82) is 0 Å². The van der Waals surface area contributed by atoms with E-state index >= 15 is 0 Å². The Balaban J connectivity index is 3.19. The summed E-state index contributed by atoms with van der Waals surface area (Å²) in [4.78, 5) is 11.0. The van der Waals surface area contributed by atoms with Crippen molar-refractivity contribution in [3.63, 3.8) is 0 Å². The molecule has 22 heavy (non-hydrogen) atoms. The molecular weight excluding hydrogens is 292 g/mol. The van der Waals surface area contributed by atoms with Crippen LogP contribution in [0.15, 0.2) is 0 Å². The SMILES string of the molecule is CCCCCCCCCC(S)CCCCCCCC(=O)OC. The molecule has 0 saturated heterocycles. The molecular formula is C19H38O2S. The van der Waals surface area contributed by atoms with Gasteiger partial charge in [0, 0.05) is 11.7 Å². The fourth-order valence-corrected chi connectivity index (χ4v) is 3.13. The van der Waals surface area contributed by atoms with Gasteiger partial charge in [-0.3, -0.25) is 4.79 Å². The van der Waals surface area contributed by atoms with Gasteiger partial charge in [-0.15, -0.1) is 0 Å². The molecule has 0 aromatic rings. The van der Waals surface area contributed by atoms with E-state index < -0.39 is 0 Å². The zero-order chi connectivity index (χ0) is 16.5. The summed E-state index contributed by atoms with van der Waals surface area (Å²) in [6, 6.07) is 0. The molecule has 0 aliphatic heterocycles.